The minimum atomic E-state index is -0.242. The van der Waals surface area contributed by atoms with Crippen LogP contribution in [0.2, 0.25) is 5.02 Å². The van der Waals surface area contributed by atoms with Gasteiger partial charge in [-0.2, -0.15) is 0 Å². The lowest BCUT2D eigenvalue weighted by molar-refractivity contribution is 0.242. The molecule has 0 fully saturated rings. The molecule has 2 rings (SSSR count). The Kier molecular flexibility index (Phi) is 4.85. The standard InChI is InChI=1S/C16H17ClFNO/c1-11(2)20-16-8-3-12(9-15(16)17)10-19-14-6-4-13(18)5-7-14/h3-9,11,19H,10H2,1-2H3. The van der Waals surface area contributed by atoms with Crippen LogP contribution >= 0.6 is 11.6 Å². The number of hydrogen-bond donors (Lipinski definition) is 1. The van der Waals surface area contributed by atoms with E-state index in [4.69, 9.17) is 16.3 Å². The summed E-state index contributed by atoms with van der Waals surface area (Å²) in [6.07, 6.45) is 0.0932. The van der Waals surface area contributed by atoms with Crippen molar-refractivity contribution in [1.29, 1.82) is 0 Å². The van der Waals surface area contributed by atoms with Crippen LogP contribution in [0.5, 0.6) is 5.75 Å². The lowest BCUT2D eigenvalue weighted by Crippen LogP contribution is -2.06. The first kappa shape index (κ1) is 14.7. The van der Waals surface area contributed by atoms with E-state index in [0.29, 0.717) is 17.3 Å². The Hall–Kier alpha value is -1.74. The van der Waals surface area contributed by atoms with Gasteiger partial charge in [0.05, 0.1) is 11.1 Å². The molecule has 2 nitrogen and oxygen atoms in total. The number of ether oxygens (including phenoxy) is 1. The van der Waals surface area contributed by atoms with E-state index in [1.165, 1.54) is 12.1 Å². The Balaban J connectivity index is 1.99. The molecular formula is C16H17ClFNO. The summed E-state index contributed by atoms with van der Waals surface area (Å²) in [5.41, 5.74) is 1.90. The molecule has 0 unspecified atom stereocenters. The Bertz CT molecular complexity index is 569. The Labute approximate surface area is 123 Å². The highest BCUT2D eigenvalue weighted by Crippen LogP contribution is 2.26. The molecule has 106 valence electrons. The van der Waals surface area contributed by atoms with Gasteiger partial charge in [0.1, 0.15) is 11.6 Å². The lowest BCUT2D eigenvalue weighted by atomic mass is 10.2. The van der Waals surface area contributed by atoms with E-state index in [0.717, 1.165) is 11.3 Å². The van der Waals surface area contributed by atoms with Gasteiger partial charge in [-0.3, -0.25) is 0 Å². The second-order valence-corrected chi connectivity index (χ2v) is 5.20. The average Bonchev–Trinajstić information content (AvgIpc) is 2.40. The van der Waals surface area contributed by atoms with Crippen LogP contribution in [0.4, 0.5) is 10.1 Å². The first-order chi connectivity index (χ1) is 9.54. The SMILES string of the molecule is CC(C)Oc1ccc(CNc2ccc(F)cc2)cc1Cl. The maximum absolute atomic E-state index is 12.8. The second kappa shape index (κ2) is 6.62. The van der Waals surface area contributed by atoms with E-state index in [2.05, 4.69) is 5.32 Å². The van der Waals surface area contributed by atoms with Crippen molar-refractivity contribution in [1.82, 2.24) is 0 Å². The summed E-state index contributed by atoms with van der Waals surface area (Å²) < 4.78 is 18.4. The van der Waals surface area contributed by atoms with Crippen molar-refractivity contribution in [3.8, 4) is 5.75 Å². The molecule has 0 atom stereocenters. The third-order valence-electron chi connectivity index (χ3n) is 2.70. The molecule has 0 amide bonds. The van der Waals surface area contributed by atoms with Gasteiger partial charge < -0.3 is 10.1 Å². The van der Waals surface area contributed by atoms with Crippen molar-refractivity contribution in [3.63, 3.8) is 0 Å². The fraction of sp³-hybridized carbons (Fsp3) is 0.250. The van der Waals surface area contributed by atoms with Gasteiger partial charge in [-0.1, -0.05) is 17.7 Å². The van der Waals surface area contributed by atoms with Gasteiger partial charge in [0, 0.05) is 12.2 Å². The van der Waals surface area contributed by atoms with Gasteiger partial charge in [-0.15, -0.1) is 0 Å². The smallest absolute Gasteiger partial charge is 0.138 e. The zero-order chi connectivity index (χ0) is 14.5. The molecule has 0 bridgehead atoms. The quantitative estimate of drug-likeness (QED) is 0.848. The molecule has 0 heterocycles. The van der Waals surface area contributed by atoms with Gasteiger partial charge in [-0.05, 0) is 55.8 Å². The number of benzene rings is 2. The Morgan fingerprint density at radius 3 is 2.45 bits per heavy atom. The fourth-order valence-electron chi connectivity index (χ4n) is 1.78. The van der Waals surface area contributed by atoms with Crippen LogP contribution in [0.15, 0.2) is 42.5 Å². The van der Waals surface area contributed by atoms with E-state index >= 15 is 0 Å². The number of nitrogens with one attached hydrogen (secondary N) is 1. The van der Waals surface area contributed by atoms with Crippen molar-refractivity contribution in [3.05, 3.63) is 58.9 Å². The topological polar surface area (TPSA) is 21.3 Å². The summed E-state index contributed by atoms with van der Waals surface area (Å²) in [4.78, 5) is 0. The molecule has 0 aliphatic rings. The Morgan fingerprint density at radius 1 is 1.15 bits per heavy atom. The molecule has 1 N–H and O–H groups in total. The second-order valence-electron chi connectivity index (χ2n) is 4.79. The van der Waals surface area contributed by atoms with E-state index in [9.17, 15) is 4.39 Å². The molecule has 20 heavy (non-hydrogen) atoms. The number of anilines is 1. The van der Waals surface area contributed by atoms with E-state index in [1.54, 1.807) is 12.1 Å². The number of rotatable bonds is 5. The first-order valence-electron chi connectivity index (χ1n) is 6.49. The van der Waals surface area contributed by atoms with Crippen LogP contribution in [0.3, 0.4) is 0 Å². The zero-order valence-electron chi connectivity index (χ0n) is 11.5. The molecule has 0 aromatic heterocycles. The van der Waals surface area contributed by atoms with Crippen LogP contribution in [-0.2, 0) is 6.54 Å². The van der Waals surface area contributed by atoms with Crippen LogP contribution in [0.1, 0.15) is 19.4 Å². The van der Waals surface area contributed by atoms with Crippen molar-refractivity contribution in [2.45, 2.75) is 26.5 Å². The first-order valence-corrected chi connectivity index (χ1v) is 6.87. The molecule has 0 aliphatic carbocycles. The summed E-state index contributed by atoms with van der Waals surface area (Å²) in [6.45, 7) is 4.54. The number of halogens is 2. The van der Waals surface area contributed by atoms with Gasteiger partial charge in [0.15, 0.2) is 0 Å². The summed E-state index contributed by atoms with van der Waals surface area (Å²) >= 11 is 6.17. The van der Waals surface area contributed by atoms with Gasteiger partial charge in [0.2, 0.25) is 0 Å². The summed E-state index contributed by atoms with van der Waals surface area (Å²) in [7, 11) is 0. The van der Waals surface area contributed by atoms with Gasteiger partial charge in [-0.25, -0.2) is 4.39 Å². The molecule has 0 aliphatic heterocycles. The molecule has 2 aromatic rings. The highest BCUT2D eigenvalue weighted by atomic mass is 35.5. The molecule has 0 saturated carbocycles. The van der Waals surface area contributed by atoms with Crippen molar-refractivity contribution < 1.29 is 9.13 Å². The van der Waals surface area contributed by atoms with Gasteiger partial charge in [0.25, 0.3) is 0 Å². The van der Waals surface area contributed by atoms with Crippen LogP contribution in [0.25, 0.3) is 0 Å². The average molecular weight is 294 g/mol. The third-order valence-corrected chi connectivity index (χ3v) is 3.00. The largest absolute Gasteiger partial charge is 0.489 e. The fourth-order valence-corrected chi connectivity index (χ4v) is 2.02. The molecule has 0 radical (unpaired) electrons. The molecule has 0 saturated heterocycles. The lowest BCUT2D eigenvalue weighted by Gasteiger charge is -2.13. The van der Waals surface area contributed by atoms with E-state index in [1.807, 2.05) is 32.0 Å². The molecular weight excluding hydrogens is 277 g/mol. The van der Waals surface area contributed by atoms with Crippen LogP contribution in [0, 0.1) is 5.82 Å². The Morgan fingerprint density at radius 2 is 1.85 bits per heavy atom. The van der Waals surface area contributed by atoms with Crippen LogP contribution < -0.4 is 10.1 Å². The maximum Gasteiger partial charge on any atom is 0.138 e. The van der Waals surface area contributed by atoms with Crippen molar-refractivity contribution in [2.24, 2.45) is 0 Å². The monoisotopic (exact) mass is 293 g/mol. The molecule has 2 aromatic carbocycles. The predicted molar refractivity (Wildman–Crippen MR) is 80.9 cm³/mol. The predicted octanol–water partition coefficient (Wildman–Crippen LogP) is 4.88. The highest BCUT2D eigenvalue weighted by molar-refractivity contribution is 6.32. The van der Waals surface area contributed by atoms with Crippen LogP contribution in [-0.4, -0.2) is 6.10 Å². The highest BCUT2D eigenvalue weighted by Gasteiger charge is 2.05. The number of hydrogen-bond acceptors (Lipinski definition) is 2. The summed E-state index contributed by atoms with van der Waals surface area (Å²) in [5, 5.41) is 3.80. The van der Waals surface area contributed by atoms with Crippen molar-refractivity contribution in [2.75, 3.05) is 5.32 Å². The normalized spacial score (nSPS) is 10.7. The van der Waals surface area contributed by atoms with Gasteiger partial charge >= 0.3 is 0 Å². The minimum Gasteiger partial charge on any atom is -0.489 e. The third kappa shape index (κ3) is 4.14. The van der Waals surface area contributed by atoms with E-state index in [-0.39, 0.29) is 11.9 Å². The van der Waals surface area contributed by atoms with E-state index < -0.39 is 0 Å². The zero-order valence-corrected chi connectivity index (χ0v) is 12.2. The minimum absolute atomic E-state index is 0.0932. The van der Waals surface area contributed by atoms with Crippen molar-refractivity contribution >= 4 is 17.3 Å². The maximum atomic E-state index is 12.8. The summed E-state index contributed by atoms with van der Waals surface area (Å²) in [5.74, 6) is 0.445. The molecule has 0 spiro atoms. The molecule has 4 heteroatoms. The summed E-state index contributed by atoms with van der Waals surface area (Å²) in [6, 6.07) is 11.9.